The molecule has 0 atom stereocenters. The van der Waals surface area contributed by atoms with E-state index in [1.165, 1.54) is 11.3 Å². The highest BCUT2D eigenvalue weighted by atomic mass is 32.1. The van der Waals surface area contributed by atoms with Crippen molar-refractivity contribution in [1.82, 2.24) is 9.88 Å². The Bertz CT molecular complexity index is 1150. The Morgan fingerprint density at radius 3 is 2.96 bits per heavy atom. The highest BCUT2D eigenvalue weighted by molar-refractivity contribution is 7.13. The van der Waals surface area contributed by atoms with Crippen molar-refractivity contribution >= 4 is 22.3 Å². The van der Waals surface area contributed by atoms with Crippen LogP contribution < -0.4 is 10.4 Å². The number of ether oxygens (including phenoxy) is 1. The third-order valence-electron chi connectivity index (χ3n) is 4.66. The molecule has 0 amide bonds. The fourth-order valence-electron chi connectivity index (χ4n) is 3.39. The van der Waals surface area contributed by atoms with E-state index in [0.717, 1.165) is 33.7 Å². The fraction of sp³-hybridized carbons (Fsp3) is 0.143. The Morgan fingerprint density at radius 1 is 1.19 bits per heavy atom. The number of thiophene rings is 1. The van der Waals surface area contributed by atoms with Crippen LogP contribution in [0, 0.1) is 0 Å². The van der Waals surface area contributed by atoms with Gasteiger partial charge < -0.3 is 9.15 Å². The lowest BCUT2D eigenvalue weighted by Crippen LogP contribution is -2.31. The summed E-state index contributed by atoms with van der Waals surface area (Å²) in [5, 5.41) is 2.86. The minimum absolute atomic E-state index is 0.317. The lowest BCUT2D eigenvalue weighted by Gasteiger charge is -2.29. The molecule has 0 aliphatic carbocycles. The molecule has 0 bridgehead atoms. The molecule has 0 radical (unpaired) electrons. The van der Waals surface area contributed by atoms with Gasteiger partial charge >= 0.3 is 5.63 Å². The van der Waals surface area contributed by atoms with Crippen molar-refractivity contribution < 1.29 is 9.15 Å². The molecule has 4 aromatic rings. The van der Waals surface area contributed by atoms with Gasteiger partial charge in [0.25, 0.3) is 0 Å². The number of nitrogens with zero attached hydrogens (tertiary/aromatic N) is 2. The number of hydrogen-bond acceptors (Lipinski definition) is 6. The van der Waals surface area contributed by atoms with E-state index in [4.69, 9.17) is 9.15 Å². The predicted molar refractivity (Wildman–Crippen MR) is 105 cm³/mol. The summed E-state index contributed by atoms with van der Waals surface area (Å²) in [6.45, 7) is 1.87. The van der Waals surface area contributed by atoms with Gasteiger partial charge in [-0.3, -0.25) is 9.88 Å². The molecule has 5 rings (SSSR count). The zero-order valence-corrected chi connectivity index (χ0v) is 15.2. The zero-order valence-electron chi connectivity index (χ0n) is 14.4. The summed E-state index contributed by atoms with van der Waals surface area (Å²) in [7, 11) is 0. The van der Waals surface area contributed by atoms with Crippen LogP contribution in [0.2, 0.25) is 0 Å². The van der Waals surface area contributed by atoms with Crippen molar-refractivity contribution in [2.24, 2.45) is 0 Å². The van der Waals surface area contributed by atoms with E-state index < -0.39 is 0 Å². The molecule has 1 aliphatic rings. The first kappa shape index (κ1) is 16.2. The topological polar surface area (TPSA) is 55.6 Å². The predicted octanol–water partition coefficient (Wildman–Crippen LogP) is 4.27. The van der Waals surface area contributed by atoms with Crippen LogP contribution in [0.3, 0.4) is 0 Å². The van der Waals surface area contributed by atoms with Gasteiger partial charge in [0.15, 0.2) is 0 Å². The van der Waals surface area contributed by atoms with Crippen LogP contribution in [0.25, 0.3) is 21.4 Å². The van der Waals surface area contributed by atoms with Gasteiger partial charge in [-0.05, 0) is 41.3 Å². The Balaban J connectivity index is 1.54. The van der Waals surface area contributed by atoms with E-state index in [0.29, 0.717) is 24.4 Å². The van der Waals surface area contributed by atoms with E-state index >= 15 is 0 Å². The van der Waals surface area contributed by atoms with Crippen LogP contribution in [-0.2, 0) is 13.1 Å². The molecule has 4 heterocycles. The molecule has 0 spiro atoms. The summed E-state index contributed by atoms with van der Waals surface area (Å²) in [4.78, 5) is 19.8. The number of pyridine rings is 1. The molecular formula is C21H16N2O3S. The maximum Gasteiger partial charge on any atom is 0.345 e. The molecule has 0 saturated heterocycles. The molecule has 0 N–H and O–H groups in total. The summed E-state index contributed by atoms with van der Waals surface area (Å²) in [6.07, 6.45) is 3.62. The van der Waals surface area contributed by atoms with E-state index in [2.05, 4.69) is 9.88 Å². The number of rotatable bonds is 3. The summed E-state index contributed by atoms with van der Waals surface area (Å²) in [6, 6.07) is 13.6. The van der Waals surface area contributed by atoms with Gasteiger partial charge in [0.1, 0.15) is 18.1 Å². The van der Waals surface area contributed by atoms with E-state index in [1.54, 1.807) is 6.20 Å². The molecule has 3 aromatic heterocycles. The highest BCUT2D eigenvalue weighted by Crippen LogP contribution is 2.34. The third-order valence-corrected chi connectivity index (χ3v) is 5.57. The normalized spacial score (nSPS) is 14.1. The van der Waals surface area contributed by atoms with Crippen molar-refractivity contribution in [2.45, 2.75) is 13.1 Å². The van der Waals surface area contributed by atoms with Crippen LogP contribution in [0.1, 0.15) is 11.1 Å². The Morgan fingerprint density at radius 2 is 2.15 bits per heavy atom. The number of benzene rings is 1. The Kier molecular flexibility index (Phi) is 3.99. The monoisotopic (exact) mass is 376 g/mol. The van der Waals surface area contributed by atoms with Gasteiger partial charge in [0.2, 0.25) is 0 Å². The van der Waals surface area contributed by atoms with Crippen molar-refractivity contribution in [3.63, 3.8) is 0 Å². The summed E-state index contributed by atoms with van der Waals surface area (Å²) in [5.41, 5.74) is 2.92. The van der Waals surface area contributed by atoms with Gasteiger partial charge in [-0.25, -0.2) is 4.79 Å². The average Bonchev–Trinajstić information content (AvgIpc) is 3.23. The van der Waals surface area contributed by atoms with E-state index in [1.807, 2.05) is 54.0 Å². The minimum atomic E-state index is -0.317. The van der Waals surface area contributed by atoms with Crippen molar-refractivity contribution in [2.75, 3.05) is 6.73 Å². The first-order valence-electron chi connectivity index (χ1n) is 8.65. The van der Waals surface area contributed by atoms with Crippen LogP contribution in [0.5, 0.6) is 5.75 Å². The van der Waals surface area contributed by atoms with Crippen LogP contribution in [0.4, 0.5) is 0 Å². The SMILES string of the molecule is O=c1oc2c3c(ccc2cc1-c1cccs1)OCN(Cc1cccnc1)C3. The van der Waals surface area contributed by atoms with Crippen LogP contribution in [0.15, 0.2) is 69.5 Å². The Labute approximate surface area is 159 Å². The quantitative estimate of drug-likeness (QED) is 0.500. The van der Waals surface area contributed by atoms with Crippen molar-refractivity contribution in [1.29, 1.82) is 0 Å². The van der Waals surface area contributed by atoms with Gasteiger partial charge in [-0.15, -0.1) is 11.3 Å². The first-order valence-corrected chi connectivity index (χ1v) is 9.53. The summed E-state index contributed by atoms with van der Waals surface area (Å²) >= 11 is 1.53. The molecule has 0 unspecified atom stereocenters. The maximum absolute atomic E-state index is 12.6. The number of aromatic nitrogens is 1. The maximum atomic E-state index is 12.6. The van der Waals surface area contributed by atoms with Gasteiger partial charge in [0.05, 0.1) is 11.1 Å². The zero-order chi connectivity index (χ0) is 18.2. The molecule has 0 saturated carbocycles. The second-order valence-electron chi connectivity index (χ2n) is 6.51. The molecule has 5 nitrogen and oxygen atoms in total. The van der Waals surface area contributed by atoms with Gasteiger partial charge in [-0.2, -0.15) is 0 Å². The summed E-state index contributed by atoms with van der Waals surface area (Å²) in [5.74, 6) is 0.775. The molecule has 134 valence electrons. The third kappa shape index (κ3) is 3.03. The minimum Gasteiger partial charge on any atom is -0.478 e. The number of fused-ring (bicyclic) bond motifs is 3. The van der Waals surface area contributed by atoms with E-state index in [9.17, 15) is 4.79 Å². The second kappa shape index (κ2) is 6.64. The summed E-state index contributed by atoms with van der Waals surface area (Å²) < 4.78 is 11.6. The molecular weight excluding hydrogens is 360 g/mol. The molecule has 1 aromatic carbocycles. The number of hydrogen-bond donors (Lipinski definition) is 0. The molecule has 27 heavy (non-hydrogen) atoms. The molecule has 0 fully saturated rings. The Hall–Kier alpha value is -2.96. The van der Waals surface area contributed by atoms with Crippen molar-refractivity contribution in [3.05, 3.63) is 81.8 Å². The van der Waals surface area contributed by atoms with Crippen molar-refractivity contribution in [3.8, 4) is 16.2 Å². The second-order valence-corrected chi connectivity index (χ2v) is 7.45. The van der Waals surface area contributed by atoms with Gasteiger partial charge in [-0.1, -0.05) is 12.1 Å². The highest BCUT2D eigenvalue weighted by Gasteiger charge is 2.22. The smallest absolute Gasteiger partial charge is 0.345 e. The molecule has 1 aliphatic heterocycles. The fourth-order valence-corrected chi connectivity index (χ4v) is 4.12. The standard InChI is InChI=1S/C21H16N2O3S/c24-21-16(19-4-2-8-27-19)9-15-5-6-18-17(20(15)26-21)12-23(13-25-18)11-14-3-1-7-22-10-14/h1-10H,11-13H2. The molecule has 6 heteroatoms. The van der Waals surface area contributed by atoms with Crippen LogP contribution in [-0.4, -0.2) is 16.6 Å². The lowest BCUT2D eigenvalue weighted by atomic mass is 10.1. The largest absolute Gasteiger partial charge is 0.478 e. The van der Waals surface area contributed by atoms with Gasteiger partial charge in [0, 0.05) is 35.7 Å². The van der Waals surface area contributed by atoms with E-state index in [-0.39, 0.29) is 5.63 Å². The average molecular weight is 376 g/mol. The lowest BCUT2D eigenvalue weighted by molar-refractivity contribution is 0.0889. The van der Waals surface area contributed by atoms with Crippen LogP contribution >= 0.6 is 11.3 Å². The first-order chi connectivity index (χ1) is 13.3.